The van der Waals surface area contributed by atoms with E-state index in [2.05, 4.69) is 5.32 Å². The molecule has 114 valence electrons. The highest BCUT2D eigenvalue weighted by molar-refractivity contribution is 5.74. The van der Waals surface area contributed by atoms with Crippen molar-refractivity contribution in [1.29, 1.82) is 0 Å². The fourth-order valence-corrected chi connectivity index (χ4v) is 2.96. The third-order valence-electron chi connectivity index (χ3n) is 4.51. The highest BCUT2D eigenvalue weighted by atomic mass is 16.5. The lowest BCUT2D eigenvalue weighted by atomic mass is 9.82. The molecule has 1 atom stereocenters. The van der Waals surface area contributed by atoms with Crippen LogP contribution < -0.4 is 5.32 Å². The summed E-state index contributed by atoms with van der Waals surface area (Å²) in [4.78, 5) is 24.6. The van der Waals surface area contributed by atoms with Crippen molar-refractivity contribution in [3.63, 3.8) is 0 Å². The number of ether oxygens (including phenoxy) is 1. The predicted molar refractivity (Wildman–Crippen MR) is 73.5 cm³/mol. The van der Waals surface area contributed by atoms with Crippen LogP contribution in [0.25, 0.3) is 0 Å². The third-order valence-corrected chi connectivity index (χ3v) is 4.51. The summed E-state index contributed by atoms with van der Waals surface area (Å²) in [7, 11) is 1.80. The standard InChI is InChI=1S/C14H24N2O4/c1-16(12-6-7-20-9-12)14(19)15-8-10-2-4-11(5-3-10)13(17)18/h10-12H,2-9H2,1H3,(H,15,19)(H,17,18). The fraction of sp³-hybridized carbons (Fsp3) is 0.857. The first-order chi connectivity index (χ1) is 9.58. The van der Waals surface area contributed by atoms with Crippen molar-refractivity contribution in [1.82, 2.24) is 10.2 Å². The first-order valence-corrected chi connectivity index (χ1v) is 7.39. The zero-order valence-corrected chi connectivity index (χ0v) is 12.0. The zero-order valence-electron chi connectivity index (χ0n) is 12.0. The molecular formula is C14H24N2O4. The van der Waals surface area contributed by atoms with E-state index in [4.69, 9.17) is 9.84 Å². The quantitative estimate of drug-likeness (QED) is 0.816. The topological polar surface area (TPSA) is 78.9 Å². The van der Waals surface area contributed by atoms with Gasteiger partial charge in [0, 0.05) is 20.2 Å². The van der Waals surface area contributed by atoms with Crippen molar-refractivity contribution >= 4 is 12.0 Å². The van der Waals surface area contributed by atoms with Crippen LogP contribution in [0.4, 0.5) is 4.79 Å². The molecule has 0 aromatic carbocycles. The SMILES string of the molecule is CN(C(=O)NCC1CCC(C(=O)O)CC1)C1CCOC1. The van der Waals surface area contributed by atoms with Crippen LogP contribution in [0, 0.1) is 11.8 Å². The Labute approximate surface area is 119 Å². The van der Waals surface area contributed by atoms with Crippen molar-refractivity contribution in [2.45, 2.75) is 38.1 Å². The largest absolute Gasteiger partial charge is 0.481 e. The number of nitrogens with one attached hydrogen (secondary N) is 1. The minimum Gasteiger partial charge on any atom is -0.481 e. The Bertz CT molecular complexity index is 347. The van der Waals surface area contributed by atoms with E-state index in [0.29, 0.717) is 19.1 Å². The van der Waals surface area contributed by atoms with E-state index in [-0.39, 0.29) is 18.0 Å². The molecule has 2 rings (SSSR count). The second-order valence-corrected chi connectivity index (χ2v) is 5.87. The van der Waals surface area contributed by atoms with Gasteiger partial charge in [0.1, 0.15) is 0 Å². The third kappa shape index (κ3) is 3.85. The molecule has 1 saturated heterocycles. The first-order valence-electron chi connectivity index (χ1n) is 7.39. The number of nitrogens with zero attached hydrogens (tertiary/aromatic N) is 1. The minimum atomic E-state index is -0.687. The lowest BCUT2D eigenvalue weighted by Gasteiger charge is -2.28. The minimum absolute atomic E-state index is 0.0548. The number of carbonyl (C=O) groups excluding carboxylic acids is 1. The highest BCUT2D eigenvalue weighted by Crippen LogP contribution is 2.28. The van der Waals surface area contributed by atoms with Gasteiger partial charge in [-0.2, -0.15) is 0 Å². The van der Waals surface area contributed by atoms with Crippen LogP contribution in [0.1, 0.15) is 32.1 Å². The lowest BCUT2D eigenvalue weighted by molar-refractivity contribution is -0.143. The van der Waals surface area contributed by atoms with Gasteiger partial charge in [0.25, 0.3) is 0 Å². The summed E-state index contributed by atoms with van der Waals surface area (Å²) in [6.45, 7) is 1.98. The molecular weight excluding hydrogens is 260 g/mol. The number of urea groups is 1. The molecule has 1 heterocycles. The van der Waals surface area contributed by atoms with E-state index < -0.39 is 5.97 Å². The van der Waals surface area contributed by atoms with Crippen LogP contribution in [-0.2, 0) is 9.53 Å². The molecule has 1 unspecified atom stereocenters. The molecule has 1 aliphatic heterocycles. The van der Waals surface area contributed by atoms with Crippen molar-refractivity contribution in [2.75, 3.05) is 26.8 Å². The molecule has 2 N–H and O–H groups in total. The van der Waals surface area contributed by atoms with E-state index in [1.54, 1.807) is 11.9 Å². The van der Waals surface area contributed by atoms with E-state index in [0.717, 1.165) is 38.7 Å². The molecule has 0 aromatic heterocycles. The lowest BCUT2D eigenvalue weighted by Crippen LogP contribution is -2.45. The Balaban J connectivity index is 1.67. The average molecular weight is 284 g/mol. The van der Waals surface area contributed by atoms with Crippen molar-refractivity contribution in [3.05, 3.63) is 0 Å². The second kappa shape index (κ2) is 6.92. The smallest absolute Gasteiger partial charge is 0.317 e. The Morgan fingerprint density at radius 2 is 1.95 bits per heavy atom. The summed E-state index contributed by atoms with van der Waals surface area (Å²) >= 11 is 0. The second-order valence-electron chi connectivity index (χ2n) is 5.87. The summed E-state index contributed by atoms with van der Waals surface area (Å²) in [6.07, 6.45) is 4.11. The van der Waals surface area contributed by atoms with E-state index in [9.17, 15) is 9.59 Å². The highest BCUT2D eigenvalue weighted by Gasteiger charge is 2.27. The molecule has 1 saturated carbocycles. The number of carboxylic acid groups (broad SMARTS) is 1. The molecule has 2 fully saturated rings. The molecule has 0 aromatic rings. The van der Waals surface area contributed by atoms with E-state index >= 15 is 0 Å². The van der Waals surface area contributed by atoms with Crippen LogP contribution >= 0.6 is 0 Å². The maximum absolute atomic E-state index is 12.0. The summed E-state index contributed by atoms with van der Waals surface area (Å²) < 4.78 is 5.28. The zero-order chi connectivity index (χ0) is 14.5. The molecule has 0 bridgehead atoms. The normalized spacial score (nSPS) is 29.9. The fourth-order valence-electron chi connectivity index (χ4n) is 2.96. The van der Waals surface area contributed by atoms with Gasteiger partial charge in [0.15, 0.2) is 0 Å². The Morgan fingerprint density at radius 3 is 2.50 bits per heavy atom. The number of carbonyl (C=O) groups is 2. The van der Waals surface area contributed by atoms with Gasteiger partial charge in [-0.25, -0.2) is 4.79 Å². The Morgan fingerprint density at radius 1 is 1.25 bits per heavy atom. The number of aliphatic carboxylic acids is 1. The summed E-state index contributed by atoms with van der Waals surface area (Å²) in [5, 5.41) is 11.9. The first kappa shape index (κ1) is 15.1. The van der Waals surface area contributed by atoms with Gasteiger partial charge in [-0.3, -0.25) is 4.79 Å². The van der Waals surface area contributed by atoms with Gasteiger partial charge in [-0.1, -0.05) is 0 Å². The summed E-state index contributed by atoms with van der Waals surface area (Å²) in [5.74, 6) is -0.475. The van der Waals surface area contributed by atoms with Crippen LogP contribution in [0.5, 0.6) is 0 Å². The molecule has 20 heavy (non-hydrogen) atoms. The van der Waals surface area contributed by atoms with Gasteiger partial charge in [0.2, 0.25) is 0 Å². The van der Waals surface area contributed by atoms with Gasteiger partial charge in [0.05, 0.1) is 18.6 Å². The van der Waals surface area contributed by atoms with Gasteiger partial charge in [-0.05, 0) is 38.0 Å². The van der Waals surface area contributed by atoms with E-state index in [1.807, 2.05) is 0 Å². The van der Waals surface area contributed by atoms with Gasteiger partial charge >= 0.3 is 12.0 Å². The number of hydrogen-bond donors (Lipinski definition) is 2. The van der Waals surface area contributed by atoms with E-state index in [1.165, 1.54) is 0 Å². The molecule has 6 nitrogen and oxygen atoms in total. The number of rotatable bonds is 4. The van der Waals surface area contributed by atoms with Gasteiger partial charge < -0.3 is 20.1 Å². The molecule has 6 heteroatoms. The number of carboxylic acids is 1. The van der Waals surface area contributed by atoms with Crippen LogP contribution in [0.15, 0.2) is 0 Å². The number of hydrogen-bond acceptors (Lipinski definition) is 3. The maximum atomic E-state index is 12.0. The van der Waals surface area contributed by atoms with Gasteiger partial charge in [-0.15, -0.1) is 0 Å². The molecule has 2 amide bonds. The van der Waals surface area contributed by atoms with Crippen LogP contribution in [-0.4, -0.2) is 54.9 Å². The van der Waals surface area contributed by atoms with Crippen molar-refractivity contribution < 1.29 is 19.4 Å². The summed E-state index contributed by atoms with van der Waals surface area (Å²) in [6, 6.07) is 0.124. The number of likely N-dealkylation sites (N-methyl/N-ethyl adjacent to an activating group) is 1. The monoisotopic (exact) mass is 284 g/mol. The van der Waals surface area contributed by atoms with Crippen LogP contribution in [0.2, 0.25) is 0 Å². The van der Waals surface area contributed by atoms with Crippen LogP contribution in [0.3, 0.4) is 0 Å². The predicted octanol–water partition coefficient (Wildman–Crippen LogP) is 1.31. The Hall–Kier alpha value is -1.30. The maximum Gasteiger partial charge on any atom is 0.317 e. The average Bonchev–Trinajstić information content (AvgIpc) is 2.98. The number of amides is 2. The van der Waals surface area contributed by atoms with Crippen molar-refractivity contribution in [3.8, 4) is 0 Å². The molecule has 0 radical (unpaired) electrons. The molecule has 0 spiro atoms. The Kier molecular flexibility index (Phi) is 5.23. The van der Waals surface area contributed by atoms with Crippen molar-refractivity contribution in [2.24, 2.45) is 11.8 Å². The molecule has 2 aliphatic rings. The molecule has 1 aliphatic carbocycles. The summed E-state index contributed by atoms with van der Waals surface area (Å²) in [5.41, 5.74) is 0.